The van der Waals surface area contributed by atoms with Gasteiger partial charge in [-0.2, -0.15) is 11.8 Å². The molecule has 0 aliphatic heterocycles. The maximum atomic E-state index is 12.6. The highest BCUT2D eigenvalue weighted by Gasteiger charge is 2.22. The Bertz CT molecular complexity index is 715. The van der Waals surface area contributed by atoms with Gasteiger partial charge in [0.25, 0.3) is 5.91 Å². The van der Waals surface area contributed by atoms with E-state index in [0.29, 0.717) is 13.0 Å². The summed E-state index contributed by atoms with van der Waals surface area (Å²) in [7, 11) is 4.06. The maximum Gasteiger partial charge on any atom is 0.287 e. The second-order valence-electron chi connectivity index (χ2n) is 6.56. The molecular weight excluding hydrogens is 362 g/mol. The van der Waals surface area contributed by atoms with Gasteiger partial charge in [0.2, 0.25) is 5.91 Å². The number of carbonyl (C=O) groups is 2. The van der Waals surface area contributed by atoms with E-state index in [0.717, 1.165) is 17.9 Å². The van der Waals surface area contributed by atoms with E-state index < -0.39 is 6.04 Å². The van der Waals surface area contributed by atoms with Crippen molar-refractivity contribution in [1.82, 2.24) is 15.5 Å². The number of amides is 2. The Labute approximate surface area is 164 Å². The van der Waals surface area contributed by atoms with Gasteiger partial charge >= 0.3 is 0 Å². The molecule has 1 heterocycles. The molecule has 7 heteroatoms. The van der Waals surface area contributed by atoms with Gasteiger partial charge in [0.1, 0.15) is 6.04 Å². The fourth-order valence-corrected chi connectivity index (χ4v) is 3.05. The number of furan rings is 1. The van der Waals surface area contributed by atoms with Crippen LogP contribution in [0.5, 0.6) is 0 Å². The topological polar surface area (TPSA) is 74.6 Å². The van der Waals surface area contributed by atoms with Crippen LogP contribution in [-0.2, 0) is 17.9 Å². The van der Waals surface area contributed by atoms with Crippen molar-refractivity contribution in [2.24, 2.45) is 0 Å². The highest BCUT2D eigenvalue weighted by molar-refractivity contribution is 7.98. The molecule has 27 heavy (non-hydrogen) atoms. The summed E-state index contributed by atoms with van der Waals surface area (Å²) in [6, 6.07) is 10.8. The van der Waals surface area contributed by atoms with Crippen LogP contribution in [0, 0.1) is 0 Å². The average molecular weight is 390 g/mol. The zero-order valence-electron chi connectivity index (χ0n) is 16.0. The molecule has 0 aliphatic rings. The van der Waals surface area contributed by atoms with Crippen LogP contribution in [0.15, 0.2) is 47.1 Å². The lowest BCUT2D eigenvalue weighted by atomic mass is 10.1. The average Bonchev–Trinajstić information content (AvgIpc) is 3.18. The Morgan fingerprint density at radius 2 is 1.85 bits per heavy atom. The first-order valence-electron chi connectivity index (χ1n) is 8.83. The molecular formula is C20H27N3O3S. The highest BCUT2D eigenvalue weighted by Crippen LogP contribution is 2.08. The number of benzene rings is 1. The largest absolute Gasteiger partial charge is 0.459 e. The van der Waals surface area contributed by atoms with Gasteiger partial charge in [-0.1, -0.05) is 24.3 Å². The maximum absolute atomic E-state index is 12.6. The second kappa shape index (κ2) is 10.8. The van der Waals surface area contributed by atoms with E-state index >= 15 is 0 Å². The summed E-state index contributed by atoms with van der Waals surface area (Å²) in [5.41, 5.74) is 2.24. The third-order valence-corrected chi connectivity index (χ3v) is 4.61. The highest BCUT2D eigenvalue weighted by atomic mass is 32.2. The predicted octanol–water partition coefficient (Wildman–Crippen LogP) is 2.51. The van der Waals surface area contributed by atoms with Crippen LogP contribution in [0.1, 0.15) is 28.1 Å². The first-order chi connectivity index (χ1) is 13.0. The molecule has 0 fully saturated rings. The summed E-state index contributed by atoms with van der Waals surface area (Å²) in [5.74, 6) is 0.402. The van der Waals surface area contributed by atoms with E-state index in [9.17, 15) is 9.59 Å². The normalized spacial score (nSPS) is 12.0. The van der Waals surface area contributed by atoms with Crippen molar-refractivity contribution in [1.29, 1.82) is 0 Å². The molecule has 0 spiro atoms. The summed E-state index contributed by atoms with van der Waals surface area (Å²) in [6.07, 6.45) is 3.96. The summed E-state index contributed by atoms with van der Waals surface area (Å²) in [5, 5.41) is 5.67. The minimum Gasteiger partial charge on any atom is -0.459 e. The zero-order valence-corrected chi connectivity index (χ0v) is 16.8. The predicted molar refractivity (Wildman–Crippen MR) is 109 cm³/mol. The first kappa shape index (κ1) is 21.1. The fraction of sp³-hybridized carbons (Fsp3) is 0.400. The van der Waals surface area contributed by atoms with Gasteiger partial charge in [-0.25, -0.2) is 0 Å². The zero-order chi connectivity index (χ0) is 19.6. The monoisotopic (exact) mass is 389 g/mol. The number of hydrogen-bond donors (Lipinski definition) is 2. The Morgan fingerprint density at radius 3 is 2.44 bits per heavy atom. The smallest absolute Gasteiger partial charge is 0.287 e. The van der Waals surface area contributed by atoms with Crippen LogP contribution >= 0.6 is 11.8 Å². The fourth-order valence-electron chi connectivity index (χ4n) is 2.58. The van der Waals surface area contributed by atoms with Crippen molar-refractivity contribution >= 4 is 23.6 Å². The third kappa shape index (κ3) is 7.11. The SMILES string of the molecule is CSCCC(NC(=O)c1ccco1)C(=O)NCc1ccc(CN(C)C)cc1. The molecule has 0 saturated heterocycles. The second-order valence-corrected chi connectivity index (χ2v) is 7.54. The molecule has 1 aromatic heterocycles. The Kier molecular flexibility index (Phi) is 8.42. The van der Waals surface area contributed by atoms with Crippen LogP contribution in [0.3, 0.4) is 0 Å². The first-order valence-corrected chi connectivity index (χ1v) is 10.2. The molecule has 0 bridgehead atoms. The van der Waals surface area contributed by atoms with Crippen molar-refractivity contribution in [3.8, 4) is 0 Å². The van der Waals surface area contributed by atoms with Crippen LogP contribution in [0.25, 0.3) is 0 Å². The lowest BCUT2D eigenvalue weighted by Gasteiger charge is -2.18. The van der Waals surface area contributed by atoms with Gasteiger partial charge in [-0.15, -0.1) is 0 Å². The van der Waals surface area contributed by atoms with E-state index in [1.165, 1.54) is 11.8 Å². The summed E-state index contributed by atoms with van der Waals surface area (Å²) in [6.45, 7) is 1.30. The molecule has 0 radical (unpaired) electrons. The molecule has 146 valence electrons. The van der Waals surface area contributed by atoms with Crippen LogP contribution in [0.4, 0.5) is 0 Å². The number of carbonyl (C=O) groups excluding carboxylic acids is 2. The van der Waals surface area contributed by atoms with Crippen molar-refractivity contribution in [3.63, 3.8) is 0 Å². The molecule has 2 aromatic rings. The number of rotatable bonds is 10. The standard InChI is InChI=1S/C20H27N3O3S/c1-23(2)14-16-8-6-15(7-9-16)13-21-19(24)17(10-12-27-3)22-20(25)18-5-4-11-26-18/h4-9,11,17H,10,12-14H2,1-3H3,(H,21,24)(H,22,25). The van der Waals surface area contributed by atoms with Gasteiger partial charge in [0.05, 0.1) is 6.26 Å². The lowest BCUT2D eigenvalue weighted by Crippen LogP contribution is -2.46. The molecule has 1 unspecified atom stereocenters. The van der Waals surface area contributed by atoms with Crippen molar-refractivity contribution < 1.29 is 14.0 Å². The lowest BCUT2D eigenvalue weighted by molar-refractivity contribution is -0.123. The molecule has 2 amide bonds. The minimum atomic E-state index is -0.594. The number of thioether (sulfide) groups is 1. The molecule has 6 nitrogen and oxygen atoms in total. The van der Waals surface area contributed by atoms with Crippen LogP contribution in [0.2, 0.25) is 0 Å². The number of nitrogens with zero attached hydrogens (tertiary/aromatic N) is 1. The van der Waals surface area contributed by atoms with Crippen LogP contribution < -0.4 is 10.6 Å². The summed E-state index contributed by atoms with van der Waals surface area (Å²) < 4.78 is 5.10. The third-order valence-electron chi connectivity index (χ3n) is 3.97. The molecule has 0 aliphatic carbocycles. The number of hydrogen-bond acceptors (Lipinski definition) is 5. The van der Waals surface area contributed by atoms with Crippen LogP contribution in [-0.4, -0.2) is 48.9 Å². The molecule has 1 atom stereocenters. The van der Waals surface area contributed by atoms with E-state index in [2.05, 4.69) is 27.7 Å². The minimum absolute atomic E-state index is 0.193. The molecule has 2 rings (SSSR count). The number of nitrogens with one attached hydrogen (secondary N) is 2. The Hall–Kier alpha value is -2.25. The van der Waals surface area contributed by atoms with E-state index in [1.54, 1.807) is 23.9 Å². The van der Waals surface area contributed by atoms with E-state index in [4.69, 9.17) is 4.42 Å². The van der Waals surface area contributed by atoms with Gasteiger partial charge in [-0.3, -0.25) is 9.59 Å². The quantitative estimate of drug-likeness (QED) is 0.653. The molecule has 1 aromatic carbocycles. The summed E-state index contributed by atoms with van der Waals surface area (Å²) in [4.78, 5) is 26.9. The van der Waals surface area contributed by atoms with E-state index in [1.807, 2.05) is 32.5 Å². The Balaban J connectivity index is 1.91. The molecule has 2 N–H and O–H groups in total. The van der Waals surface area contributed by atoms with Gasteiger partial charge in [-0.05, 0) is 55.8 Å². The van der Waals surface area contributed by atoms with Crippen molar-refractivity contribution in [2.45, 2.75) is 25.6 Å². The van der Waals surface area contributed by atoms with Crippen molar-refractivity contribution in [3.05, 3.63) is 59.5 Å². The molecule has 0 saturated carbocycles. The van der Waals surface area contributed by atoms with Gasteiger partial charge in [0, 0.05) is 13.1 Å². The van der Waals surface area contributed by atoms with Gasteiger partial charge in [0.15, 0.2) is 5.76 Å². The summed E-state index contributed by atoms with van der Waals surface area (Å²) >= 11 is 1.63. The Morgan fingerprint density at radius 1 is 1.15 bits per heavy atom. The van der Waals surface area contributed by atoms with E-state index in [-0.39, 0.29) is 17.6 Å². The van der Waals surface area contributed by atoms with Crippen molar-refractivity contribution in [2.75, 3.05) is 26.1 Å². The van der Waals surface area contributed by atoms with Gasteiger partial charge < -0.3 is 20.0 Å².